The summed E-state index contributed by atoms with van der Waals surface area (Å²) >= 11 is 0. The van der Waals surface area contributed by atoms with E-state index in [9.17, 15) is 24.3 Å². The van der Waals surface area contributed by atoms with E-state index in [0.717, 1.165) is 15.2 Å². The van der Waals surface area contributed by atoms with Gasteiger partial charge in [-0.05, 0) is 42.5 Å². The second kappa shape index (κ2) is 6.61. The number of benzene rings is 4. The second-order valence-corrected chi connectivity index (χ2v) is 7.79. The number of para-hydroxylation sites is 2. The van der Waals surface area contributed by atoms with Crippen molar-refractivity contribution in [3.63, 3.8) is 0 Å². The Morgan fingerprint density at radius 3 is 1.76 bits per heavy atom. The Bertz CT molecular complexity index is 1890. The summed E-state index contributed by atoms with van der Waals surface area (Å²) in [6.45, 7) is 0. The summed E-state index contributed by atoms with van der Waals surface area (Å²) < 4.78 is 2.08. The Kier molecular flexibility index (Phi) is 3.79. The van der Waals surface area contributed by atoms with Gasteiger partial charge in [0.1, 0.15) is 0 Å². The molecule has 2 heterocycles. The molecular weight excluding hydrogens is 420 g/mol. The maximum Gasteiger partial charge on any atom is 0.266 e. The lowest BCUT2D eigenvalue weighted by molar-refractivity contribution is 0.443. The Balaban J connectivity index is 1.87. The molecule has 6 rings (SSSR count). The van der Waals surface area contributed by atoms with Crippen molar-refractivity contribution in [2.75, 3.05) is 0 Å². The highest BCUT2D eigenvalue weighted by Crippen LogP contribution is 2.36. The average molecular weight is 434 g/mol. The van der Waals surface area contributed by atoms with E-state index in [0.29, 0.717) is 11.4 Å². The van der Waals surface area contributed by atoms with Crippen molar-refractivity contribution in [2.45, 2.75) is 0 Å². The predicted octanol–water partition coefficient (Wildman–Crippen LogP) is 2.70. The fourth-order valence-corrected chi connectivity index (χ4v) is 4.58. The van der Waals surface area contributed by atoms with E-state index in [1.807, 2.05) is 0 Å². The molecule has 0 spiro atoms. The van der Waals surface area contributed by atoms with Crippen LogP contribution in [-0.2, 0) is 0 Å². The zero-order chi connectivity index (χ0) is 22.9. The highest BCUT2D eigenvalue weighted by atomic mass is 16.3. The molecule has 158 valence electrons. The number of aromatic hydroxyl groups is 1. The Morgan fingerprint density at radius 2 is 1.12 bits per heavy atom. The van der Waals surface area contributed by atoms with Gasteiger partial charge in [0.25, 0.3) is 16.7 Å². The molecule has 7 heteroatoms. The van der Waals surface area contributed by atoms with Crippen LogP contribution in [0.3, 0.4) is 0 Å². The van der Waals surface area contributed by atoms with Gasteiger partial charge in [0.15, 0.2) is 5.43 Å². The number of aromatic nitrogens is 2. The lowest BCUT2D eigenvalue weighted by Gasteiger charge is -2.18. The molecule has 0 bridgehead atoms. The van der Waals surface area contributed by atoms with Gasteiger partial charge < -0.3 is 5.11 Å². The van der Waals surface area contributed by atoms with E-state index < -0.39 is 28.0 Å². The van der Waals surface area contributed by atoms with Gasteiger partial charge in [-0.1, -0.05) is 36.4 Å². The lowest BCUT2D eigenvalue weighted by Crippen LogP contribution is -2.35. The Morgan fingerprint density at radius 1 is 0.576 bits per heavy atom. The quantitative estimate of drug-likeness (QED) is 0.423. The topological polar surface area (TPSA) is 98.4 Å². The third-order valence-corrected chi connectivity index (χ3v) is 6.01. The number of rotatable bonds is 2. The maximum absolute atomic E-state index is 13.4. The van der Waals surface area contributed by atoms with Gasteiger partial charge in [0.2, 0.25) is 5.88 Å². The van der Waals surface area contributed by atoms with E-state index >= 15 is 0 Å². The van der Waals surface area contributed by atoms with Gasteiger partial charge in [-0.3, -0.25) is 19.2 Å². The monoisotopic (exact) mass is 434 g/mol. The summed E-state index contributed by atoms with van der Waals surface area (Å²) in [7, 11) is 0. The van der Waals surface area contributed by atoms with Crippen molar-refractivity contribution in [1.29, 1.82) is 0 Å². The van der Waals surface area contributed by atoms with Gasteiger partial charge in [0, 0.05) is 21.7 Å². The van der Waals surface area contributed by atoms with Gasteiger partial charge in [-0.15, -0.1) is 0 Å². The number of nitrogens with zero attached hydrogens (tertiary/aromatic N) is 2. The first-order chi connectivity index (χ1) is 16.0. The minimum atomic E-state index is -0.656. The fourth-order valence-electron chi connectivity index (χ4n) is 4.58. The van der Waals surface area contributed by atoms with Crippen LogP contribution in [-0.4, -0.2) is 14.2 Å². The SMILES string of the molecule is O=c1cc2c(=O)n(-c3ccccc3)c(=O)c3ccc4c(=O)n(-c5ccccc5)c(O)c1c4c3-2. The minimum Gasteiger partial charge on any atom is -0.494 e. The molecule has 33 heavy (non-hydrogen) atoms. The summed E-state index contributed by atoms with van der Waals surface area (Å²) in [6.07, 6.45) is 0. The van der Waals surface area contributed by atoms with Crippen LogP contribution in [0.5, 0.6) is 5.88 Å². The second-order valence-electron chi connectivity index (χ2n) is 7.79. The molecule has 1 aliphatic carbocycles. The first kappa shape index (κ1) is 18.9. The third-order valence-electron chi connectivity index (χ3n) is 6.01. The number of pyridine rings is 2. The Hall–Kier alpha value is -4.78. The zero-order valence-corrected chi connectivity index (χ0v) is 17.0. The van der Waals surface area contributed by atoms with E-state index in [-0.39, 0.29) is 32.7 Å². The first-order valence-corrected chi connectivity index (χ1v) is 10.2. The molecule has 0 fully saturated rings. The predicted molar refractivity (Wildman–Crippen MR) is 126 cm³/mol. The van der Waals surface area contributed by atoms with Crippen LogP contribution in [0.1, 0.15) is 0 Å². The van der Waals surface area contributed by atoms with Crippen molar-refractivity contribution >= 4 is 21.5 Å². The van der Waals surface area contributed by atoms with Crippen LogP contribution < -0.4 is 22.1 Å². The molecule has 0 unspecified atom stereocenters. The molecular formula is C26H14N2O5. The number of hydrogen-bond donors (Lipinski definition) is 1. The highest BCUT2D eigenvalue weighted by molar-refractivity contribution is 6.15. The first-order valence-electron chi connectivity index (χ1n) is 10.2. The van der Waals surface area contributed by atoms with Crippen LogP contribution in [0.2, 0.25) is 0 Å². The maximum atomic E-state index is 13.4. The molecule has 0 saturated heterocycles. The van der Waals surface area contributed by atoms with Crippen molar-refractivity contribution in [3.8, 4) is 28.4 Å². The standard InChI is InChI=1S/C26H14N2O5/c29-19-13-18-20-16(23(30)27(25(18)32)14-7-3-1-4-8-14)11-12-17-21(20)22(19)26(33)28(24(17)31)15-9-5-2-6-10-15/h1-13,33H. The summed E-state index contributed by atoms with van der Waals surface area (Å²) in [6, 6.07) is 21.0. The average Bonchev–Trinajstić information content (AvgIpc) is 2.83. The summed E-state index contributed by atoms with van der Waals surface area (Å²) in [5.74, 6) is -0.530. The van der Waals surface area contributed by atoms with Crippen LogP contribution in [0.25, 0.3) is 44.0 Å². The Labute approximate surface area is 184 Å². The molecule has 1 aliphatic heterocycles. The van der Waals surface area contributed by atoms with Crippen molar-refractivity contribution in [1.82, 2.24) is 9.13 Å². The lowest BCUT2D eigenvalue weighted by atomic mass is 9.91. The van der Waals surface area contributed by atoms with Crippen molar-refractivity contribution in [2.24, 2.45) is 0 Å². The number of hydrogen-bond acceptors (Lipinski definition) is 5. The highest BCUT2D eigenvalue weighted by Gasteiger charge is 2.27. The smallest absolute Gasteiger partial charge is 0.266 e. The molecule has 1 aromatic heterocycles. The summed E-state index contributed by atoms with van der Waals surface area (Å²) in [5.41, 5.74) is -1.40. The van der Waals surface area contributed by atoms with Gasteiger partial charge >= 0.3 is 0 Å². The van der Waals surface area contributed by atoms with Crippen LogP contribution >= 0.6 is 0 Å². The molecule has 4 aromatic rings. The van der Waals surface area contributed by atoms with Crippen LogP contribution in [0.15, 0.2) is 98.0 Å². The summed E-state index contributed by atoms with van der Waals surface area (Å²) in [5, 5.41) is 11.3. The van der Waals surface area contributed by atoms with Gasteiger partial charge in [-0.25, -0.2) is 9.13 Å². The zero-order valence-electron chi connectivity index (χ0n) is 17.0. The van der Waals surface area contributed by atoms with Gasteiger partial charge in [0.05, 0.1) is 22.3 Å². The minimum absolute atomic E-state index is 0.0211. The normalized spacial score (nSPS) is 11.6. The molecule has 1 N–H and O–H groups in total. The molecule has 0 atom stereocenters. The van der Waals surface area contributed by atoms with Gasteiger partial charge in [-0.2, -0.15) is 0 Å². The van der Waals surface area contributed by atoms with Crippen molar-refractivity contribution < 1.29 is 5.11 Å². The molecule has 7 nitrogen and oxygen atoms in total. The molecule has 2 aliphatic rings. The molecule has 0 saturated carbocycles. The third kappa shape index (κ3) is 2.44. The van der Waals surface area contributed by atoms with E-state index in [2.05, 4.69) is 0 Å². The van der Waals surface area contributed by atoms with Crippen LogP contribution in [0, 0.1) is 0 Å². The largest absolute Gasteiger partial charge is 0.494 e. The van der Waals surface area contributed by atoms with E-state index in [4.69, 9.17) is 0 Å². The van der Waals surface area contributed by atoms with E-state index in [1.165, 1.54) is 12.1 Å². The molecule has 3 aromatic carbocycles. The van der Waals surface area contributed by atoms with Crippen LogP contribution in [0.4, 0.5) is 0 Å². The fraction of sp³-hybridized carbons (Fsp3) is 0. The molecule has 0 amide bonds. The summed E-state index contributed by atoms with van der Waals surface area (Å²) in [4.78, 5) is 53.2. The van der Waals surface area contributed by atoms with E-state index in [1.54, 1.807) is 60.7 Å². The van der Waals surface area contributed by atoms with Crippen molar-refractivity contribution in [3.05, 3.63) is 120 Å². The molecule has 0 radical (unpaired) electrons.